The number of sulfonamides is 1. The SMILES string of the molecule is CCc1ccccc1NC(=O)c1cc(S(=O)(=O)N(CC)CC)ccc1Cl. The number of hydrogen-bond acceptors (Lipinski definition) is 3. The van der Waals surface area contributed by atoms with Crippen molar-refractivity contribution < 1.29 is 13.2 Å². The number of anilines is 1. The maximum atomic E-state index is 12.7. The van der Waals surface area contributed by atoms with Gasteiger partial charge in [0.2, 0.25) is 10.0 Å². The summed E-state index contributed by atoms with van der Waals surface area (Å²) in [6.07, 6.45) is 0.764. The molecule has 0 aliphatic carbocycles. The summed E-state index contributed by atoms with van der Waals surface area (Å²) in [6, 6.07) is 11.7. The van der Waals surface area contributed by atoms with E-state index in [1.807, 2.05) is 25.1 Å². The number of nitrogens with zero attached hydrogens (tertiary/aromatic N) is 1. The lowest BCUT2D eigenvalue weighted by Gasteiger charge is -2.19. The second-order valence-electron chi connectivity index (χ2n) is 5.70. The molecule has 0 bridgehead atoms. The van der Waals surface area contributed by atoms with Gasteiger partial charge in [0.25, 0.3) is 5.91 Å². The topological polar surface area (TPSA) is 66.5 Å². The summed E-state index contributed by atoms with van der Waals surface area (Å²) in [5.74, 6) is -0.438. The van der Waals surface area contributed by atoms with Gasteiger partial charge in [0.1, 0.15) is 0 Å². The Morgan fingerprint density at radius 2 is 1.73 bits per heavy atom. The lowest BCUT2D eigenvalue weighted by Crippen LogP contribution is -2.30. The fourth-order valence-electron chi connectivity index (χ4n) is 2.69. The molecule has 2 rings (SSSR count). The van der Waals surface area contributed by atoms with Crippen LogP contribution in [0.2, 0.25) is 5.02 Å². The van der Waals surface area contributed by atoms with Crippen LogP contribution in [0.25, 0.3) is 0 Å². The molecule has 0 spiro atoms. The number of halogens is 1. The summed E-state index contributed by atoms with van der Waals surface area (Å²) in [5, 5.41) is 3.03. The number of rotatable bonds is 7. The van der Waals surface area contributed by atoms with E-state index in [0.717, 1.165) is 12.0 Å². The minimum Gasteiger partial charge on any atom is -0.322 e. The van der Waals surface area contributed by atoms with Gasteiger partial charge in [-0.2, -0.15) is 4.31 Å². The summed E-state index contributed by atoms with van der Waals surface area (Å²) in [7, 11) is -3.66. The first-order valence-corrected chi connectivity index (χ1v) is 10.4. The third kappa shape index (κ3) is 4.26. The first-order valence-electron chi connectivity index (χ1n) is 8.54. The van der Waals surface area contributed by atoms with E-state index in [0.29, 0.717) is 18.8 Å². The van der Waals surface area contributed by atoms with E-state index in [4.69, 9.17) is 11.6 Å². The summed E-state index contributed by atoms with van der Waals surface area (Å²) in [6.45, 7) is 6.24. The van der Waals surface area contributed by atoms with Crippen LogP contribution < -0.4 is 5.32 Å². The van der Waals surface area contributed by atoms with E-state index in [-0.39, 0.29) is 15.5 Å². The Hall–Kier alpha value is -1.89. The number of carbonyl (C=O) groups is 1. The predicted molar refractivity (Wildman–Crippen MR) is 105 cm³/mol. The minimum atomic E-state index is -3.66. The van der Waals surface area contributed by atoms with Crippen LogP contribution in [0, 0.1) is 0 Å². The molecule has 0 fully saturated rings. The maximum absolute atomic E-state index is 12.7. The molecule has 2 aromatic rings. The van der Waals surface area contributed by atoms with Crippen molar-refractivity contribution in [1.29, 1.82) is 0 Å². The van der Waals surface area contributed by atoms with E-state index in [1.54, 1.807) is 19.9 Å². The second kappa shape index (κ2) is 8.66. The van der Waals surface area contributed by atoms with Crippen molar-refractivity contribution in [2.24, 2.45) is 0 Å². The zero-order valence-corrected chi connectivity index (χ0v) is 16.7. The number of benzene rings is 2. The summed E-state index contributed by atoms with van der Waals surface area (Å²) < 4.78 is 26.7. The minimum absolute atomic E-state index is 0.0551. The highest BCUT2D eigenvalue weighted by atomic mass is 35.5. The lowest BCUT2D eigenvalue weighted by molar-refractivity contribution is 0.102. The molecule has 0 saturated carbocycles. The van der Waals surface area contributed by atoms with Gasteiger partial charge >= 0.3 is 0 Å². The quantitative estimate of drug-likeness (QED) is 0.765. The first kappa shape index (κ1) is 20.4. The van der Waals surface area contributed by atoms with Crippen LogP contribution in [-0.4, -0.2) is 31.7 Å². The monoisotopic (exact) mass is 394 g/mol. The molecular weight excluding hydrogens is 372 g/mol. The highest BCUT2D eigenvalue weighted by Gasteiger charge is 2.24. The Labute approximate surface area is 160 Å². The molecule has 0 heterocycles. The van der Waals surface area contributed by atoms with Crippen molar-refractivity contribution in [3.05, 3.63) is 58.6 Å². The third-order valence-electron chi connectivity index (χ3n) is 4.17. The van der Waals surface area contributed by atoms with Crippen molar-refractivity contribution in [3.8, 4) is 0 Å². The van der Waals surface area contributed by atoms with Gasteiger partial charge in [-0.1, -0.05) is 50.6 Å². The Morgan fingerprint density at radius 3 is 2.35 bits per heavy atom. The van der Waals surface area contributed by atoms with Gasteiger partial charge in [-0.15, -0.1) is 0 Å². The van der Waals surface area contributed by atoms with E-state index < -0.39 is 15.9 Å². The zero-order chi connectivity index (χ0) is 19.3. The average molecular weight is 395 g/mol. The van der Waals surface area contributed by atoms with Crippen LogP contribution in [0.4, 0.5) is 5.69 Å². The number of hydrogen-bond donors (Lipinski definition) is 1. The normalized spacial score (nSPS) is 11.6. The first-order chi connectivity index (χ1) is 12.3. The number of carbonyl (C=O) groups excluding carboxylic acids is 1. The molecule has 5 nitrogen and oxygen atoms in total. The van der Waals surface area contributed by atoms with Crippen LogP contribution in [0.5, 0.6) is 0 Å². The van der Waals surface area contributed by atoms with Crippen molar-refractivity contribution in [3.63, 3.8) is 0 Å². The molecule has 0 aliphatic rings. The second-order valence-corrected chi connectivity index (χ2v) is 8.04. The smallest absolute Gasteiger partial charge is 0.257 e. The van der Waals surface area contributed by atoms with Gasteiger partial charge in [0, 0.05) is 18.8 Å². The Morgan fingerprint density at radius 1 is 1.08 bits per heavy atom. The molecule has 1 amide bonds. The van der Waals surface area contributed by atoms with Crippen LogP contribution in [0.3, 0.4) is 0 Å². The molecule has 2 aromatic carbocycles. The molecule has 0 aliphatic heterocycles. The van der Waals surface area contributed by atoms with E-state index in [2.05, 4.69) is 5.32 Å². The zero-order valence-electron chi connectivity index (χ0n) is 15.1. The molecule has 0 atom stereocenters. The van der Waals surface area contributed by atoms with E-state index in [9.17, 15) is 13.2 Å². The van der Waals surface area contributed by atoms with Gasteiger partial charge in [0.15, 0.2) is 0 Å². The van der Waals surface area contributed by atoms with Crippen molar-refractivity contribution in [1.82, 2.24) is 4.31 Å². The molecule has 140 valence electrons. The van der Waals surface area contributed by atoms with Crippen molar-refractivity contribution in [2.45, 2.75) is 32.1 Å². The van der Waals surface area contributed by atoms with Crippen LogP contribution >= 0.6 is 11.6 Å². The average Bonchev–Trinajstić information content (AvgIpc) is 2.63. The fourth-order valence-corrected chi connectivity index (χ4v) is 4.38. The van der Waals surface area contributed by atoms with Crippen LogP contribution in [-0.2, 0) is 16.4 Å². The number of amides is 1. The van der Waals surface area contributed by atoms with Gasteiger partial charge in [-0.25, -0.2) is 8.42 Å². The molecule has 1 N–H and O–H groups in total. The summed E-state index contributed by atoms with van der Waals surface area (Å²) in [4.78, 5) is 12.7. The van der Waals surface area contributed by atoms with Crippen LogP contribution in [0.1, 0.15) is 36.7 Å². The van der Waals surface area contributed by atoms with Crippen molar-refractivity contribution >= 4 is 33.2 Å². The maximum Gasteiger partial charge on any atom is 0.257 e. The molecule has 0 aromatic heterocycles. The molecule has 26 heavy (non-hydrogen) atoms. The van der Waals surface area contributed by atoms with E-state index >= 15 is 0 Å². The van der Waals surface area contributed by atoms with Gasteiger partial charge < -0.3 is 5.32 Å². The Kier molecular flexibility index (Phi) is 6.81. The van der Waals surface area contributed by atoms with Gasteiger partial charge in [0.05, 0.1) is 15.5 Å². The predicted octanol–water partition coefficient (Wildman–Crippen LogP) is 4.19. The molecule has 7 heteroatoms. The Balaban J connectivity index is 2.39. The molecular formula is C19H23ClN2O3S. The largest absolute Gasteiger partial charge is 0.322 e. The fraction of sp³-hybridized carbons (Fsp3) is 0.316. The molecule has 0 radical (unpaired) electrons. The molecule has 0 unspecified atom stereocenters. The Bertz CT molecular complexity index is 893. The summed E-state index contributed by atoms with van der Waals surface area (Å²) in [5.41, 5.74) is 1.81. The van der Waals surface area contributed by atoms with Crippen molar-refractivity contribution in [2.75, 3.05) is 18.4 Å². The standard InChI is InChI=1S/C19H23ClN2O3S/c1-4-14-9-7-8-10-18(14)21-19(23)16-13-15(11-12-17(16)20)26(24,25)22(5-2)6-3/h7-13H,4-6H2,1-3H3,(H,21,23). The number of aryl methyl sites for hydroxylation is 1. The third-order valence-corrected chi connectivity index (χ3v) is 6.55. The molecule has 0 saturated heterocycles. The lowest BCUT2D eigenvalue weighted by atomic mass is 10.1. The van der Waals surface area contributed by atoms with Gasteiger partial charge in [-0.05, 0) is 36.2 Å². The number of nitrogens with one attached hydrogen (secondary N) is 1. The van der Waals surface area contributed by atoms with E-state index in [1.165, 1.54) is 22.5 Å². The number of para-hydroxylation sites is 1. The highest BCUT2D eigenvalue weighted by molar-refractivity contribution is 7.89. The highest BCUT2D eigenvalue weighted by Crippen LogP contribution is 2.25. The van der Waals surface area contributed by atoms with Crippen LogP contribution in [0.15, 0.2) is 47.4 Å². The summed E-state index contributed by atoms with van der Waals surface area (Å²) >= 11 is 6.16. The van der Waals surface area contributed by atoms with Gasteiger partial charge in [-0.3, -0.25) is 4.79 Å².